The van der Waals surface area contributed by atoms with Gasteiger partial charge in [-0.3, -0.25) is 4.79 Å². The van der Waals surface area contributed by atoms with E-state index in [9.17, 15) is 13.6 Å². The largest absolute Gasteiger partial charge is 1.00 e. The van der Waals surface area contributed by atoms with Crippen LogP contribution in [0.15, 0.2) is 12.1 Å². The zero-order chi connectivity index (χ0) is 10.3. The number of halogens is 2. The monoisotopic (exact) mass is 255 g/mol. The van der Waals surface area contributed by atoms with Crippen LogP contribution in [0.2, 0.25) is 0 Å². The second kappa shape index (κ2) is 5.41. The summed E-state index contributed by atoms with van der Waals surface area (Å²) in [7, 11) is 0. The molecule has 0 saturated carbocycles. The zero-order valence-electron chi connectivity index (χ0n) is 8.58. The Labute approximate surface area is 133 Å². The van der Waals surface area contributed by atoms with Crippen molar-refractivity contribution in [2.75, 3.05) is 0 Å². The van der Waals surface area contributed by atoms with Crippen molar-refractivity contribution < 1.29 is 79.5 Å². The van der Waals surface area contributed by atoms with Gasteiger partial charge < -0.3 is 22.0 Å². The Morgan fingerprint density at radius 2 is 2.06 bits per heavy atom. The molecular weight excluding hydrogens is 249 g/mol. The Balaban J connectivity index is 0.00000112. The van der Waals surface area contributed by atoms with E-state index in [1.54, 1.807) is 0 Å². The molecule has 1 aliphatic rings. The number of fused-ring (bicyclic) bond motifs is 1. The van der Waals surface area contributed by atoms with E-state index in [2.05, 4.69) is 15.5 Å². The molecule has 1 aromatic carbocycles. The maximum absolute atomic E-state index is 12.5. The summed E-state index contributed by atoms with van der Waals surface area (Å²) in [6.45, 7) is 0. The maximum atomic E-state index is 12.5. The van der Waals surface area contributed by atoms with E-state index in [1.165, 1.54) is 0 Å². The van der Waals surface area contributed by atoms with Gasteiger partial charge in [-0.1, -0.05) is 0 Å². The van der Waals surface area contributed by atoms with Gasteiger partial charge in [-0.15, -0.1) is 20.9 Å². The third kappa shape index (κ3) is 3.14. The Bertz CT molecular complexity index is 408. The number of carboxylic acids is 1. The van der Waals surface area contributed by atoms with Crippen molar-refractivity contribution in [2.24, 2.45) is 0 Å². The number of hydrogen-bond acceptors (Lipinski definition) is 3. The van der Waals surface area contributed by atoms with Crippen molar-refractivity contribution in [3.8, 4) is 11.5 Å². The van der Waals surface area contributed by atoms with Crippen LogP contribution in [0.4, 0.5) is 8.78 Å². The fraction of sp³-hybridized carbons (Fsp3) is 0.111. The summed E-state index contributed by atoms with van der Waals surface area (Å²) in [5.74, 6) is -1.86. The molecule has 2 rings (SSSR count). The molecule has 0 bridgehead atoms. The molecule has 0 radical (unpaired) electrons. The molecular formula is C9H6F2KO4-. The number of benzene rings is 1. The van der Waals surface area contributed by atoms with E-state index in [0.717, 1.165) is 12.1 Å². The SMILES string of the molecule is O=C(O)c1c[c-]c2c(c1)OC(F)(F)O2.[CH3-].[K+]. The van der Waals surface area contributed by atoms with Crippen LogP contribution in [-0.2, 0) is 0 Å². The van der Waals surface area contributed by atoms with E-state index in [0.29, 0.717) is 0 Å². The Morgan fingerprint density at radius 1 is 1.44 bits per heavy atom. The maximum Gasteiger partial charge on any atom is 1.00 e. The van der Waals surface area contributed by atoms with Crippen LogP contribution in [0.3, 0.4) is 0 Å². The molecule has 1 N–H and O–H groups in total. The first-order chi connectivity index (χ1) is 6.48. The standard InChI is InChI=1S/C8H3F2O4.CH3.K/c9-8(10)13-5-2-1-4(7(11)12)3-6(5)14-8;;/h1,3H,(H,11,12);1H3;/q2*-1;+1. The summed E-state index contributed by atoms with van der Waals surface area (Å²) in [5.41, 5.74) is -0.190. The Hall–Kier alpha value is -0.214. The van der Waals surface area contributed by atoms with Crippen LogP contribution in [0.1, 0.15) is 10.4 Å². The molecule has 0 unspecified atom stereocenters. The van der Waals surface area contributed by atoms with Crippen LogP contribution in [-0.4, -0.2) is 17.4 Å². The second-order valence-corrected chi connectivity index (χ2v) is 2.55. The van der Waals surface area contributed by atoms with E-state index in [4.69, 9.17) is 5.11 Å². The summed E-state index contributed by atoms with van der Waals surface area (Å²) < 4.78 is 33.0. The third-order valence-electron chi connectivity index (χ3n) is 1.57. The Kier molecular flexibility index (Phi) is 5.34. The summed E-state index contributed by atoms with van der Waals surface area (Å²) in [6.07, 6.45) is -3.74. The normalized spacial score (nSPS) is 14.6. The summed E-state index contributed by atoms with van der Waals surface area (Å²) in [4.78, 5) is 10.5. The molecule has 82 valence electrons. The van der Waals surface area contributed by atoms with Gasteiger partial charge in [-0.2, -0.15) is 6.07 Å². The van der Waals surface area contributed by atoms with Crippen molar-refractivity contribution in [3.05, 3.63) is 31.2 Å². The smallest absolute Gasteiger partial charge is 0.487 e. The molecule has 4 nitrogen and oxygen atoms in total. The number of ether oxygens (including phenoxy) is 2. The van der Waals surface area contributed by atoms with Gasteiger partial charge in [0, 0.05) is 0 Å². The first kappa shape index (κ1) is 15.8. The van der Waals surface area contributed by atoms with E-state index >= 15 is 0 Å². The average Bonchev–Trinajstić information content (AvgIpc) is 2.36. The van der Waals surface area contributed by atoms with Crippen molar-refractivity contribution in [1.82, 2.24) is 0 Å². The van der Waals surface area contributed by atoms with E-state index in [1.807, 2.05) is 0 Å². The van der Waals surface area contributed by atoms with Gasteiger partial charge in [0.15, 0.2) is 0 Å². The number of carbonyl (C=O) groups is 1. The van der Waals surface area contributed by atoms with Crippen LogP contribution >= 0.6 is 0 Å². The summed E-state index contributed by atoms with van der Waals surface area (Å²) >= 11 is 0. The predicted octanol–water partition coefficient (Wildman–Crippen LogP) is -1.04. The van der Waals surface area contributed by atoms with Gasteiger partial charge in [0.05, 0.1) is 11.5 Å². The van der Waals surface area contributed by atoms with Crippen molar-refractivity contribution in [2.45, 2.75) is 6.29 Å². The fourth-order valence-corrected chi connectivity index (χ4v) is 1.01. The third-order valence-corrected chi connectivity index (χ3v) is 1.57. The van der Waals surface area contributed by atoms with Gasteiger partial charge in [-0.05, 0) is 5.56 Å². The first-order valence-corrected chi connectivity index (χ1v) is 3.53. The minimum atomic E-state index is -3.74. The van der Waals surface area contributed by atoms with Gasteiger partial charge in [0.25, 0.3) is 5.97 Å². The number of alkyl halides is 2. The second-order valence-electron chi connectivity index (χ2n) is 2.55. The number of carboxylic acid groups (broad SMARTS) is 1. The zero-order valence-corrected chi connectivity index (χ0v) is 11.7. The average molecular weight is 255 g/mol. The van der Waals surface area contributed by atoms with Crippen LogP contribution in [0.25, 0.3) is 0 Å². The molecule has 0 saturated heterocycles. The topological polar surface area (TPSA) is 55.8 Å². The quantitative estimate of drug-likeness (QED) is 0.514. The van der Waals surface area contributed by atoms with Gasteiger partial charge in [0.2, 0.25) is 0 Å². The molecule has 0 spiro atoms. The van der Waals surface area contributed by atoms with Crippen molar-refractivity contribution in [1.29, 1.82) is 0 Å². The predicted molar refractivity (Wildman–Crippen MR) is 44.9 cm³/mol. The van der Waals surface area contributed by atoms with Crippen molar-refractivity contribution >= 4 is 5.97 Å². The summed E-state index contributed by atoms with van der Waals surface area (Å²) in [6, 6.07) is 4.23. The van der Waals surface area contributed by atoms with Crippen LogP contribution < -0.4 is 60.9 Å². The van der Waals surface area contributed by atoms with Gasteiger partial charge >= 0.3 is 57.7 Å². The fourth-order valence-electron chi connectivity index (χ4n) is 1.01. The molecule has 0 aliphatic carbocycles. The summed E-state index contributed by atoms with van der Waals surface area (Å²) in [5, 5.41) is 8.54. The molecule has 1 aliphatic heterocycles. The minimum absolute atomic E-state index is 0. The molecule has 0 atom stereocenters. The first-order valence-electron chi connectivity index (χ1n) is 3.53. The molecule has 0 amide bonds. The molecule has 0 aromatic heterocycles. The number of rotatable bonds is 1. The number of hydrogen-bond donors (Lipinski definition) is 1. The minimum Gasteiger partial charge on any atom is -0.487 e. The molecule has 0 fully saturated rings. The van der Waals surface area contributed by atoms with E-state index < -0.39 is 12.3 Å². The van der Waals surface area contributed by atoms with Gasteiger partial charge in [-0.25, -0.2) is 0 Å². The van der Waals surface area contributed by atoms with Gasteiger partial charge in [0.1, 0.15) is 0 Å². The molecule has 1 aromatic rings. The molecule has 1 heterocycles. The molecule has 16 heavy (non-hydrogen) atoms. The van der Waals surface area contributed by atoms with E-state index in [-0.39, 0.29) is 75.9 Å². The van der Waals surface area contributed by atoms with Crippen molar-refractivity contribution in [3.63, 3.8) is 0 Å². The van der Waals surface area contributed by atoms with Crippen LogP contribution in [0.5, 0.6) is 11.5 Å². The molecule has 7 heteroatoms. The van der Waals surface area contributed by atoms with Crippen LogP contribution in [0, 0.1) is 13.5 Å². The Morgan fingerprint density at radius 3 is 2.62 bits per heavy atom. The number of aromatic carboxylic acids is 1.